The summed E-state index contributed by atoms with van der Waals surface area (Å²) in [6.07, 6.45) is 2.69. The Morgan fingerprint density at radius 1 is 1.11 bits per heavy atom. The van der Waals surface area contributed by atoms with Crippen molar-refractivity contribution < 1.29 is 9.90 Å². The van der Waals surface area contributed by atoms with E-state index in [0.29, 0.717) is 0 Å². The molecule has 2 aromatic carbocycles. The zero-order valence-corrected chi connectivity index (χ0v) is 16.3. The maximum absolute atomic E-state index is 12.3. The lowest BCUT2D eigenvalue weighted by Gasteiger charge is -2.52. The van der Waals surface area contributed by atoms with Crippen LogP contribution in [0.5, 0.6) is 0 Å². The Hall–Kier alpha value is -2.59. The molecule has 4 nitrogen and oxygen atoms in total. The van der Waals surface area contributed by atoms with Crippen molar-refractivity contribution in [3.63, 3.8) is 0 Å². The average Bonchev–Trinajstić information content (AvgIpc) is 3.03. The molecule has 2 atom stereocenters. The summed E-state index contributed by atoms with van der Waals surface area (Å²) in [5.41, 5.74) is 4.56. The first-order valence-electron chi connectivity index (χ1n) is 10.2. The second kappa shape index (κ2) is 6.49. The Kier molecular flexibility index (Phi) is 4.06. The number of piperidine rings is 1. The fourth-order valence-electron chi connectivity index (χ4n) is 5.63. The lowest BCUT2D eigenvalue weighted by molar-refractivity contribution is -0.152. The van der Waals surface area contributed by atoms with Crippen molar-refractivity contribution >= 4 is 16.9 Å². The van der Waals surface area contributed by atoms with Gasteiger partial charge < -0.3 is 9.67 Å². The van der Waals surface area contributed by atoms with Crippen LogP contribution in [0.2, 0.25) is 0 Å². The van der Waals surface area contributed by atoms with Gasteiger partial charge in [0.05, 0.1) is 11.5 Å². The number of carboxylic acids is 1. The number of aliphatic carboxylic acids is 1. The first-order chi connectivity index (χ1) is 13.6. The van der Waals surface area contributed by atoms with Gasteiger partial charge in [-0.1, -0.05) is 48.5 Å². The van der Waals surface area contributed by atoms with Crippen LogP contribution in [-0.2, 0) is 23.3 Å². The molecular formula is C24H26N2O2. The number of para-hydroxylation sites is 1. The molecule has 144 valence electrons. The highest BCUT2D eigenvalue weighted by Gasteiger charge is 2.52. The first-order valence-corrected chi connectivity index (χ1v) is 10.2. The molecule has 3 aromatic rings. The molecule has 3 heterocycles. The van der Waals surface area contributed by atoms with E-state index in [9.17, 15) is 9.90 Å². The van der Waals surface area contributed by atoms with Crippen LogP contribution in [0, 0.1) is 5.92 Å². The van der Waals surface area contributed by atoms with Crippen molar-refractivity contribution in [2.75, 3.05) is 13.1 Å². The fraction of sp³-hybridized carbons (Fsp3) is 0.375. The number of rotatable bonds is 3. The van der Waals surface area contributed by atoms with Gasteiger partial charge in [-0.15, -0.1) is 0 Å². The molecular weight excluding hydrogens is 348 g/mol. The molecule has 0 amide bonds. The van der Waals surface area contributed by atoms with Crippen LogP contribution in [0.1, 0.15) is 36.6 Å². The van der Waals surface area contributed by atoms with Gasteiger partial charge in [-0.3, -0.25) is 9.69 Å². The SMILES string of the molecule is C[C@@]12c3c(c4ccccc4n3Cc3ccccc3)CCN1CCCC2C(=O)O. The minimum Gasteiger partial charge on any atom is -0.481 e. The third kappa shape index (κ3) is 2.44. The molecule has 0 saturated carbocycles. The first kappa shape index (κ1) is 17.5. The summed E-state index contributed by atoms with van der Waals surface area (Å²) in [5, 5.41) is 11.4. The van der Waals surface area contributed by atoms with Gasteiger partial charge in [0.25, 0.3) is 0 Å². The van der Waals surface area contributed by atoms with Crippen LogP contribution >= 0.6 is 0 Å². The second-order valence-electron chi connectivity index (χ2n) is 8.33. The highest BCUT2D eigenvalue weighted by Crippen LogP contribution is 2.48. The molecule has 1 aromatic heterocycles. The number of hydrogen-bond acceptors (Lipinski definition) is 2. The number of aromatic nitrogens is 1. The van der Waals surface area contributed by atoms with E-state index in [1.54, 1.807) is 0 Å². The Labute approximate surface area is 165 Å². The normalized spacial score (nSPS) is 24.7. The number of benzene rings is 2. The van der Waals surface area contributed by atoms with Crippen LogP contribution in [0.4, 0.5) is 0 Å². The monoisotopic (exact) mass is 374 g/mol. The van der Waals surface area contributed by atoms with Crippen LogP contribution in [0.3, 0.4) is 0 Å². The van der Waals surface area contributed by atoms with Gasteiger partial charge in [-0.25, -0.2) is 0 Å². The van der Waals surface area contributed by atoms with Gasteiger partial charge in [0, 0.05) is 29.7 Å². The van der Waals surface area contributed by atoms with E-state index in [-0.39, 0.29) is 5.92 Å². The molecule has 2 aliphatic heterocycles. The van der Waals surface area contributed by atoms with Crippen molar-refractivity contribution in [1.82, 2.24) is 9.47 Å². The maximum Gasteiger partial charge on any atom is 0.308 e. The van der Waals surface area contributed by atoms with Crippen LogP contribution in [-0.4, -0.2) is 33.6 Å². The topological polar surface area (TPSA) is 45.5 Å². The lowest BCUT2D eigenvalue weighted by Crippen LogP contribution is -2.58. The Balaban J connectivity index is 1.78. The van der Waals surface area contributed by atoms with Crippen LogP contribution in [0.25, 0.3) is 10.9 Å². The fourth-order valence-corrected chi connectivity index (χ4v) is 5.63. The maximum atomic E-state index is 12.3. The van der Waals surface area contributed by atoms with Gasteiger partial charge in [0.15, 0.2) is 0 Å². The van der Waals surface area contributed by atoms with Gasteiger partial charge in [-0.2, -0.15) is 0 Å². The van der Waals surface area contributed by atoms with Crippen molar-refractivity contribution in [3.05, 3.63) is 71.4 Å². The predicted molar refractivity (Wildman–Crippen MR) is 110 cm³/mol. The minimum absolute atomic E-state index is 0.376. The Morgan fingerprint density at radius 3 is 2.64 bits per heavy atom. The largest absolute Gasteiger partial charge is 0.481 e. The highest BCUT2D eigenvalue weighted by atomic mass is 16.4. The van der Waals surface area contributed by atoms with Crippen molar-refractivity contribution in [1.29, 1.82) is 0 Å². The van der Waals surface area contributed by atoms with E-state index in [2.05, 4.69) is 64.9 Å². The minimum atomic E-state index is -0.670. The van der Waals surface area contributed by atoms with Gasteiger partial charge in [0.2, 0.25) is 0 Å². The van der Waals surface area contributed by atoms with E-state index in [1.165, 1.54) is 27.7 Å². The molecule has 5 rings (SSSR count). The Bertz CT molecular complexity index is 1040. The molecule has 0 radical (unpaired) electrons. The van der Waals surface area contributed by atoms with Crippen molar-refractivity contribution in [3.8, 4) is 0 Å². The molecule has 0 bridgehead atoms. The number of carboxylic acid groups (broad SMARTS) is 1. The predicted octanol–water partition coefficient (Wildman–Crippen LogP) is 4.26. The zero-order valence-electron chi connectivity index (χ0n) is 16.3. The summed E-state index contributed by atoms with van der Waals surface area (Å²) in [6, 6.07) is 19.1. The van der Waals surface area contributed by atoms with Gasteiger partial charge in [-0.05, 0) is 49.9 Å². The molecule has 2 aliphatic rings. The smallest absolute Gasteiger partial charge is 0.308 e. The summed E-state index contributed by atoms with van der Waals surface area (Å²) in [5.74, 6) is -1.05. The van der Waals surface area contributed by atoms with Gasteiger partial charge >= 0.3 is 5.97 Å². The highest BCUT2D eigenvalue weighted by molar-refractivity contribution is 5.87. The summed E-state index contributed by atoms with van der Waals surface area (Å²) < 4.78 is 2.40. The molecule has 1 fully saturated rings. The van der Waals surface area contributed by atoms with Crippen LogP contribution < -0.4 is 0 Å². The number of carbonyl (C=O) groups is 1. The molecule has 1 unspecified atom stereocenters. The summed E-state index contributed by atoms with van der Waals surface area (Å²) >= 11 is 0. The van der Waals surface area contributed by atoms with Crippen molar-refractivity contribution in [2.24, 2.45) is 5.92 Å². The number of fused-ring (bicyclic) bond motifs is 5. The summed E-state index contributed by atoms with van der Waals surface area (Å²) in [6.45, 7) is 4.86. The third-order valence-corrected chi connectivity index (χ3v) is 6.92. The van der Waals surface area contributed by atoms with E-state index in [4.69, 9.17) is 0 Å². The number of hydrogen-bond donors (Lipinski definition) is 1. The van der Waals surface area contributed by atoms with Crippen LogP contribution in [0.15, 0.2) is 54.6 Å². The molecule has 0 spiro atoms. The van der Waals surface area contributed by atoms with Gasteiger partial charge in [0.1, 0.15) is 0 Å². The second-order valence-corrected chi connectivity index (χ2v) is 8.33. The van der Waals surface area contributed by atoms with E-state index in [1.807, 2.05) is 6.07 Å². The molecule has 1 N–H and O–H groups in total. The number of nitrogens with zero attached hydrogens (tertiary/aromatic N) is 2. The molecule has 1 saturated heterocycles. The van der Waals surface area contributed by atoms with Crippen molar-refractivity contribution in [2.45, 2.75) is 38.3 Å². The standard InChI is InChI=1S/C24H26N2O2/c1-24-20(23(27)28)11-7-14-25(24)15-13-19-18-10-5-6-12-21(18)26(22(19)24)16-17-8-3-2-4-9-17/h2-6,8-10,12,20H,7,11,13-16H2,1H3,(H,27,28)/t20?,24-/m1/s1. The summed E-state index contributed by atoms with van der Waals surface area (Å²) in [4.78, 5) is 14.7. The molecule has 0 aliphatic carbocycles. The lowest BCUT2D eigenvalue weighted by atomic mass is 9.71. The molecule has 28 heavy (non-hydrogen) atoms. The van der Waals surface area contributed by atoms with E-state index in [0.717, 1.165) is 38.9 Å². The Morgan fingerprint density at radius 2 is 1.86 bits per heavy atom. The quantitative estimate of drug-likeness (QED) is 0.745. The van der Waals surface area contributed by atoms with E-state index < -0.39 is 11.5 Å². The van der Waals surface area contributed by atoms with E-state index >= 15 is 0 Å². The third-order valence-electron chi connectivity index (χ3n) is 6.92. The zero-order chi connectivity index (χ0) is 19.3. The molecule has 4 heteroatoms. The summed E-state index contributed by atoms with van der Waals surface area (Å²) in [7, 11) is 0. The average molecular weight is 374 g/mol.